The summed E-state index contributed by atoms with van der Waals surface area (Å²) in [4.78, 5) is 82.6. The second kappa shape index (κ2) is 18.0. The molecule has 53 heavy (non-hydrogen) atoms. The Hall–Kier alpha value is -3.14. The number of hydrogen-bond acceptors (Lipinski definition) is 14. The Morgan fingerprint density at radius 1 is 0.962 bits per heavy atom. The predicted octanol–water partition coefficient (Wildman–Crippen LogP) is 3.74. The van der Waals surface area contributed by atoms with Crippen molar-refractivity contribution in [2.45, 2.75) is 169 Å². The summed E-state index contributed by atoms with van der Waals surface area (Å²) in [6.45, 7) is 19.8. The zero-order chi connectivity index (χ0) is 41.0. The average Bonchev–Trinajstić information content (AvgIpc) is 3.01. The van der Waals surface area contributed by atoms with E-state index in [1.54, 1.807) is 34.6 Å². The molecule has 2 rings (SSSR count). The highest BCUT2D eigenvalue weighted by molar-refractivity contribution is 6.00. The summed E-state index contributed by atoms with van der Waals surface area (Å²) in [5.41, 5.74) is -4.66. The molecule has 304 valence electrons. The number of ether oxygens (including phenoxy) is 6. The quantitative estimate of drug-likeness (QED) is 0.217. The standard InChI is InChI=1S/C38H64N2O13/c1-16-27-38(13,47)31(39-35(46)53-36(9,10)11)21(4)28(43)19(2)18-37(12,52-25(8)42)32(22(5)29(44)23(6)33(45)50-27)51-34-30(49-24(7)41)26(40(14)15)17-20(3)48-34/h19-23,26-27,30-32,34,47H,16-18H2,1-15H3,(H,39,46)/t19-,20-,21+,22+,23-,26+,27-,30-,31-,32-,34+,37-,38-/m1/s1. The van der Waals surface area contributed by atoms with Crippen LogP contribution >= 0.6 is 0 Å². The predicted molar refractivity (Wildman–Crippen MR) is 192 cm³/mol. The summed E-state index contributed by atoms with van der Waals surface area (Å²) in [7, 11) is 3.64. The van der Waals surface area contributed by atoms with Crippen molar-refractivity contribution in [3.8, 4) is 0 Å². The number of nitrogens with one attached hydrogen (secondary N) is 1. The van der Waals surface area contributed by atoms with Crippen molar-refractivity contribution < 1.29 is 62.3 Å². The Labute approximate surface area is 314 Å². The van der Waals surface area contributed by atoms with Crippen LogP contribution in [0.2, 0.25) is 0 Å². The van der Waals surface area contributed by atoms with Gasteiger partial charge in [-0.05, 0) is 81.8 Å². The molecule has 15 nitrogen and oxygen atoms in total. The van der Waals surface area contributed by atoms with E-state index in [1.165, 1.54) is 48.5 Å². The number of ketones is 2. The van der Waals surface area contributed by atoms with Crippen molar-refractivity contribution in [3.63, 3.8) is 0 Å². The smallest absolute Gasteiger partial charge is 0.407 e. The average molecular weight is 757 g/mol. The van der Waals surface area contributed by atoms with E-state index in [9.17, 15) is 33.9 Å². The highest BCUT2D eigenvalue weighted by Crippen LogP contribution is 2.39. The van der Waals surface area contributed by atoms with Crippen LogP contribution in [0.4, 0.5) is 4.79 Å². The van der Waals surface area contributed by atoms with Crippen LogP contribution in [0.15, 0.2) is 0 Å². The first-order valence-corrected chi connectivity index (χ1v) is 18.5. The maximum atomic E-state index is 14.4. The minimum atomic E-state index is -2.02. The van der Waals surface area contributed by atoms with Gasteiger partial charge in [-0.15, -0.1) is 0 Å². The molecule has 2 aliphatic heterocycles. The van der Waals surface area contributed by atoms with Crippen LogP contribution in [-0.4, -0.2) is 119 Å². The second-order valence-corrected chi connectivity index (χ2v) is 16.5. The molecule has 0 aromatic rings. The maximum Gasteiger partial charge on any atom is 0.407 e. The summed E-state index contributed by atoms with van der Waals surface area (Å²) in [5, 5.41) is 14.7. The Balaban J connectivity index is 2.83. The first kappa shape index (κ1) is 46.0. The van der Waals surface area contributed by atoms with E-state index in [0.29, 0.717) is 6.42 Å². The molecule has 2 heterocycles. The number of nitrogens with zero attached hydrogens (tertiary/aromatic N) is 1. The zero-order valence-corrected chi connectivity index (χ0v) is 34.3. The molecule has 15 heteroatoms. The monoisotopic (exact) mass is 756 g/mol. The lowest BCUT2D eigenvalue weighted by molar-refractivity contribution is -0.297. The summed E-state index contributed by atoms with van der Waals surface area (Å²) in [6, 6.07) is -1.70. The van der Waals surface area contributed by atoms with Gasteiger partial charge in [0.2, 0.25) is 0 Å². The molecule has 0 radical (unpaired) electrons. The van der Waals surface area contributed by atoms with E-state index in [1.807, 2.05) is 25.9 Å². The van der Waals surface area contributed by atoms with Crippen molar-refractivity contribution in [2.75, 3.05) is 14.1 Å². The molecule has 0 spiro atoms. The van der Waals surface area contributed by atoms with Gasteiger partial charge in [-0.25, -0.2) is 4.79 Å². The summed E-state index contributed by atoms with van der Waals surface area (Å²) < 4.78 is 35.8. The number of Topliss-reactive ketones (excluding diaryl/α,β-unsaturated/α-hetero) is 2. The molecule has 13 atom stereocenters. The van der Waals surface area contributed by atoms with E-state index >= 15 is 0 Å². The minimum Gasteiger partial charge on any atom is -0.459 e. The van der Waals surface area contributed by atoms with Crippen LogP contribution in [-0.2, 0) is 52.4 Å². The van der Waals surface area contributed by atoms with Gasteiger partial charge in [0.15, 0.2) is 18.2 Å². The van der Waals surface area contributed by atoms with Gasteiger partial charge in [-0.2, -0.15) is 0 Å². The molecule has 2 fully saturated rings. The van der Waals surface area contributed by atoms with E-state index < -0.39 is 107 Å². The van der Waals surface area contributed by atoms with Crippen LogP contribution in [0.5, 0.6) is 0 Å². The number of alkyl carbamates (subject to hydrolysis) is 1. The zero-order valence-electron chi connectivity index (χ0n) is 34.3. The van der Waals surface area contributed by atoms with Gasteiger partial charge in [0.05, 0.1) is 18.2 Å². The van der Waals surface area contributed by atoms with Crippen molar-refractivity contribution in [3.05, 3.63) is 0 Å². The third-order valence-corrected chi connectivity index (χ3v) is 10.2. The molecule has 0 aromatic heterocycles. The van der Waals surface area contributed by atoms with Crippen LogP contribution in [0.3, 0.4) is 0 Å². The molecule has 0 saturated carbocycles. The highest BCUT2D eigenvalue weighted by Gasteiger charge is 2.54. The van der Waals surface area contributed by atoms with Crippen LogP contribution in [0, 0.1) is 23.7 Å². The Kier molecular flexibility index (Phi) is 15.6. The normalized spacial score (nSPS) is 38.0. The lowest BCUT2D eigenvalue weighted by Crippen LogP contribution is -2.63. The lowest BCUT2D eigenvalue weighted by atomic mass is 9.73. The van der Waals surface area contributed by atoms with Crippen LogP contribution < -0.4 is 5.32 Å². The van der Waals surface area contributed by atoms with Gasteiger partial charge in [0.25, 0.3) is 0 Å². The van der Waals surface area contributed by atoms with E-state index in [0.717, 1.165) is 0 Å². The van der Waals surface area contributed by atoms with Crippen molar-refractivity contribution in [1.82, 2.24) is 10.2 Å². The van der Waals surface area contributed by atoms with Gasteiger partial charge in [-0.3, -0.25) is 24.0 Å². The Morgan fingerprint density at radius 2 is 1.55 bits per heavy atom. The molecule has 2 N–H and O–H groups in total. The SMILES string of the molecule is CC[C@H]1OC(=O)[C@H](C)C(=O)[C@H](C)[C@@H](O[C@@H]2O[C@H](C)C[C@H](N(C)C)[C@H]2OC(C)=O)[C@](C)(OC(C)=O)C[C@@H](C)C(=O)[C@H](C)[C@@H](NC(=O)OC(C)(C)C)[C@]1(C)O. The topological polar surface area (TPSA) is 193 Å². The van der Waals surface area contributed by atoms with Gasteiger partial charge in [-0.1, -0.05) is 27.7 Å². The number of cyclic esters (lactones) is 1. The number of carbonyl (C=O) groups is 6. The first-order chi connectivity index (χ1) is 24.2. The largest absolute Gasteiger partial charge is 0.459 e. The number of rotatable bonds is 7. The number of likely N-dealkylation sites (N-methyl/N-ethyl adjacent to an activating group) is 1. The van der Waals surface area contributed by atoms with Gasteiger partial charge >= 0.3 is 24.0 Å². The fourth-order valence-electron chi connectivity index (χ4n) is 7.69. The molecule has 0 bridgehead atoms. The van der Waals surface area contributed by atoms with E-state index in [4.69, 9.17) is 28.4 Å². The maximum absolute atomic E-state index is 14.4. The van der Waals surface area contributed by atoms with Gasteiger partial charge in [0, 0.05) is 31.6 Å². The molecule has 2 aliphatic rings. The van der Waals surface area contributed by atoms with Crippen molar-refractivity contribution in [1.29, 1.82) is 0 Å². The molecule has 0 aliphatic carbocycles. The number of carbonyl (C=O) groups excluding carboxylic acids is 6. The van der Waals surface area contributed by atoms with Gasteiger partial charge in [0.1, 0.15) is 40.7 Å². The molecular formula is C38H64N2O13. The fourth-order valence-corrected chi connectivity index (χ4v) is 7.69. The van der Waals surface area contributed by atoms with E-state index in [2.05, 4.69) is 5.32 Å². The fraction of sp³-hybridized carbons (Fsp3) is 0.842. The molecule has 0 unspecified atom stereocenters. The molecule has 0 aromatic carbocycles. The first-order valence-electron chi connectivity index (χ1n) is 18.5. The molecule has 2 saturated heterocycles. The Morgan fingerprint density at radius 3 is 2.04 bits per heavy atom. The summed E-state index contributed by atoms with van der Waals surface area (Å²) >= 11 is 0. The summed E-state index contributed by atoms with van der Waals surface area (Å²) in [5.74, 6) is -7.97. The van der Waals surface area contributed by atoms with Crippen LogP contribution in [0.1, 0.15) is 109 Å². The van der Waals surface area contributed by atoms with Crippen LogP contribution in [0.25, 0.3) is 0 Å². The second-order valence-electron chi connectivity index (χ2n) is 16.5. The third kappa shape index (κ3) is 11.7. The van der Waals surface area contributed by atoms with E-state index in [-0.39, 0.29) is 25.0 Å². The number of amides is 1. The van der Waals surface area contributed by atoms with Gasteiger partial charge < -0.3 is 43.7 Å². The molecular weight excluding hydrogens is 692 g/mol. The number of aliphatic hydroxyl groups is 1. The minimum absolute atomic E-state index is 0.0657. The van der Waals surface area contributed by atoms with Crippen molar-refractivity contribution in [2.24, 2.45) is 23.7 Å². The lowest BCUT2D eigenvalue weighted by Gasteiger charge is -2.47. The third-order valence-electron chi connectivity index (χ3n) is 10.2. The number of esters is 3. The highest BCUT2D eigenvalue weighted by atomic mass is 16.7. The molecule has 1 amide bonds. The summed E-state index contributed by atoms with van der Waals surface area (Å²) in [6.07, 6.45) is -5.76. The number of hydrogen-bond donors (Lipinski definition) is 2. The van der Waals surface area contributed by atoms with Crippen molar-refractivity contribution >= 4 is 35.6 Å². The Bertz CT molecular complexity index is 1340.